The highest BCUT2D eigenvalue weighted by molar-refractivity contribution is 7.89. The number of hydrogen-bond acceptors (Lipinski definition) is 7. The summed E-state index contributed by atoms with van der Waals surface area (Å²) in [4.78, 5) is 34.2. The molecule has 5 aromatic rings. The number of carbonyl (C=O) groups excluding carboxylic acids is 2. The minimum atomic E-state index is -4.26. The number of aryl methyl sites for hydroxylation is 1. The maximum absolute atomic E-state index is 14.6. The van der Waals surface area contributed by atoms with Crippen molar-refractivity contribution in [3.05, 3.63) is 119 Å². The van der Waals surface area contributed by atoms with Crippen molar-refractivity contribution in [2.45, 2.75) is 30.6 Å². The molecule has 0 saturated carbocycles. The second-order valence-corrected chi connectivity index (χ2v) is 12.4. The molecule has 0 aliphatic carbocycles. The van der Waals surface area contributed by atoms with Gasteiger partial charge in [-0.3, -0.25) is 15.0 Å². The lowest BCUT2D eigenvalue weighted by Gasteiger charge is -2.33. The Hall–Kier alpha value is -5.14. The van der Waals surface area contributed by atoms with E-state index in [1.54, 1.807) is 42.2 Å². The van der Waals surface area contributed by atoms with Gasteiger partial charge in [-0.2, -0.15) is 5.10 Å². The van der Waals surface area contributed by atoms with Crippen molar-refractivity contribution in [1.29, 1.82) is 0 Å². The molecule has 2 aromatic heterocycles. The molecule has 45 heavy (non-hydrogen) atoms. The number of nitrogens with one attached hydrogen (secondary N) is 1. The van der Waals surface area contributed by atoms with Gasteiger partial charge in [0, 0.05) is 19.3 Å². The maximum atomic E-state index is 14.6. The number of halogens is 1. The number of anilines is 2. The van der Waals surface area contributed by atoms with Crippen molar-refractivity contribution in [3.63, 3.8) is 0 Å². The third-order valence-corrected chi connectivity index (χ3v) is 8.83. The summed E-state index contributed by atoms with van der Waals surface area (Å²) in [6.45, 7) is 2.58. The molecule has 0 spiro atoms. The van der Waals surface area contributed by atoms with Crippen molar-refractivity contribution in [2.24, 2.45) is 5.14 Å². The Morgan fingerprint density at radius 3 is 2.29 bits per heavy atom. The number of piperidine rings is 1. The number of likely N-dealkylation sites (tertiary alicyclic amines) is 1. The average molecular weight is 628 g/mol. The van der Waals surface area contributed by atoms with Crippen LogP contribution in [0.5, 0.6) is 0 Å². The Morgan fingerprint density at radius 1 is 0.978 bits per heavy atom. The van der Waals surface area contributed by atoms with E-state index in [4.69, 9.17) is 5.14 Å². The number of carbonyl (C=O) groups is 2. The second kappa shape index (κ2) is 12.1. The molecule has 230 valence electrons. The molecule has 11 nitrogen and oxygen atoms in total. The van der Waals surface area contributed by atoms with Crippen LogP contribution in [0.1, 0.15) is 50.7 Å². The summed E-state index contributed by atoms with van der Waals surface area (Å²) >= 11 is 0. The van der Waals surface area contributed by atoms with E-state index in [-0.39, 0.29) is 22.8 Å². The van der Waals surface area contributed by atoms with Crippen LogP contribution in [0.15, 0.2) is 96.2 Å². The second-order valence-electron chi connectivity index (χ2n) is 10.8. The molecule has 0 bridgehead atoms. The van der Waals surface area contributed by atoms with Crippen LogP contribution in [0.4, 0.5) is 15.8 Å². The van der Waals surface area contributed by atoms with Crippen LogP contribution in [0, 0.1) is 12.7 Å². The maximum Gasteiger partial charge on any atom is 0.296 e. The minimum Gasteiger partial charge on any atom is -0.338 e. The summed E-state index contributed by atoms with van der Waals surface area (Å²) in [6, 6.07) is 22.8. The van der Waals surface area contributed by atoms with Gasteiger partial charge in [-0.05, 0) is 67.1 Å². The zero-order valence-corrected chi connectivity index (χ0v) is 25.1. The van der Waals surface area contributed by atoms with E-state index in [0.717, 1.165) is 23.6 Å². The normalized spacial score (nSPS) is 14.0. The van der Waals surface area contributed by atoms with Gasteiger partial charge < -0.3 is 4.90 Å². The fourth-order valence-electron chi connectivity index (χ4n) is 5.57. The SMILES string of the molecule is Cc1cc(F)ccc1NN(C(=O)c1c(C(=O)N2CCC(c3ccccc3)CC2)cnc2c(S(N)(=O)=O)cnn12)c1ccccc1. The number of para-hydroxylation sites is 1. The van der Waals surface area contributed by atoms with Crippen LogP contribution in [0.25, 0.3) is 5.65 Å². The molecule has 3 heterocycles. The smallest absolute Gasteiger partial charge is 0.296 e. The van der Waals surface area contributed by atoms with Gasteiger partial charge in [-0.1, -0.05) is 48.5 Å². The molecule has 1 aliphatic rings. The Bertz CT molecular complexity index is 1990. The largest absolute Gasteiger partial charge is 0.338 e. The number of aromatic nitrogens is 3. The Balaban J connectivity index is 1.43. The Kier molecular flexibility index (Phi) is 8.04. The van der Waals surface area contributed by atoms with E-state index in [0.29, 0.717) is 30.0 Å². The fraction of sp³-hybridized carbons (Fsp3) is 0.188. The number of hydrazine groups is 1. The van der Waals surface area contributed by atoms with Gasteiger partial charge in [0.05, 0.1) is 23.1 Å². The number of nitrogens with zero attached hydrogens (tertiary/aromatic N) is 5. The quantitative estimate of drug-likeness (QED) is 0.253. The molecule has 0 atom stereocenters. The van der Waals surface area contributed by atoms with Crippen LogP contribution in [0.3, 0.4) is 0 Å². The van der Waals surface area contributed by atoms with E-state index < -0.39 is 32.6 Å². The lowest BCUT2D eigenvalue weighted by molar-refractivity contribution is 0.0706. The molecule has 6 rings (SSSR count). The number of hydrogen-bond donors (Lipinski definition) is 2. The van der Waals surface area contributed by atoms with Crippen LogP contribution in [-0.2, 0) is 10.0 Å². The van der Waals surface area contributed by atoms with E-state index >= 15 is 0 Å². The highest BCUT2D eigenvalue weighted by Gasteiger charge is 2.33. The van der Waals surface area contributed by atoms with Gasteiger partial charge in [0.15, 0.2) is 5.65 Å². The molecular weight excluding hydrogens is 597 g/mol. The molecule has 0 radical (unpaired) electrons. The number of rotatable bonds is 7. The van der Waals surface area contributed by atoms with Crippen LogP contribution in [-0.4, -0.2) is 52.8 Å². The molecule has 1 saturated heterocycles. The summed E-state index contributed by atoms with van der Waals surface area (Å²) in [6.07, 6.45) is 3.65. The van der Waals surface area contributed by atoms with Gasteiger partial charge in [0.1, 0.15) is 16.4 Å². The van der Waals surface area contributed by atoms with E-state index in [1.165, 1.54) is 35.0 Å². The van der Waals surface area contributed by atoms with Crippen LogP contribution < -0.4 is 15.6 Å². The van der Waals surface area contributed by atoms with Gasteiger partial charge >= 0.3 is 0 Å². The number of nitrogens with two attached hydrogens (primary N) is 1. The zero-order chi connectivity index (χ0) is 31.7. The van der Waals surface area contributed by atoms with E-state index in [1.807, 2.05) is 18.2 Å². The van der Waals surface area contributed by atoms with Crippen molar-refractivity contribution < 1.29 is 22.4 Å². The standard InChI is InChI=1S/C32H30FN7O4S/c1-21-18-24(33)12-13-27(21)37-39(25-10-6-3-7-11-25)32(42)29-26(19-35-30-28(45(34,43)44)20-36-40(29)30)31(41)38-16-14-23(15-17-38)22-8-4-2-5-9-22/h2-13,18-20,23,37H,14-17H2,1H3,(H2,34,43,44). The summed E-state index contributed by atoms with van der Waals surface area (Å²) in [5.74, 6) is -1.33. The van der Waals surface area contributed by atoms with Crippen molar-refractivity contribution in [3.8, 4) is 0 Å². The molecule has 2 amide bonds. The third-order valence-electron chi connectivity index (χ3n) is 7.93. The first-order valence-electron chi connectivity index (χ1n) is 14.3. The average Bonchev–Trinajstić information content (AvgIpc) is 3.49. The number of primary sulfonamides is 1. The third kappa shape index (κ3) is 5.99. The van der Waals surface area contributed by atoms with Crippen LogP contribution >= 0.6 is 0 Å². The Morgan fingerprint density at radius 2 is 1.64 bits per heavy atom. The van der Waals surface area contributed by atoms with Crippen LogP contribution in [0.2, 0.25) is 0 Å². The molecule has 3 N–H and O–H groups in total. The number of sulfonamides is 1. The number of benzene rings is 3. The molecule has 3 aromatic carbocycles. The van der Waals surface area contributed by atoms with Gasteiger partial charge in [-0.25, -0.2) is 32.5 Å². The topological polar surface area (TPSA) is 143 Å². The summed E-state index contributed by atoms with van der Waals surface area (Å²) in [5, 5.41) is 10.8. The first kappa shape index (κ1) is 29.9. The van der Waals surface area contributed by atoms with Gasteiger partial charge in [0.25, 0.3) is 11.8 Å². The monoisotopic (exact) mass is 627 g/mol. The molecule has 0 unspecified atom stereocenters. The van der Waals surface area contributed by atoms with Crippen molar-refractivity contribution in [2.75, 3.05) is 23.5 Å². The molecule has 13 heteroatoms. The highest BCUT2D eigenvalue weighted by atomic mass is 32.2. The highest BCUT2D eigenvalue weighted by Crippen LogP contribution is 2.30. The summed E-state index contributed by atoms with van der Waals surface area (Å²) in [5.41, 5.74) is 5.12. The minimum absolute atomic E-state index is 0.0618. The predicted molar refractivity (Wildman–Crippen MR) is 167 cm³/mol. The van der Waals surface area contributed by atoms with Gasteiger partial charge in [0.2, 0.25) is 10.0 Å². The Labute approximate surface area is 259 Å². The van der Waals surface area contributed by atoms with Crippen molar-refractivity contribution in [1.82, 2.24) is 19.5 Å². The van der Waals surface area contributed by atoms with E-state index in [9.17, 15) is 22.4 Å². The number of amides is 2. The summed E-state index contributed by atoms with van der Waals surface area (Å²) < 4.78 is 39.6. The lowest BCUT2D eigenvalue weighted by atomic mass is 9.89. The van der Waals surface area contributed by atoms with E-state index in [2.05, 4.69) is 27.6 Å². The molecule has 1 aliphatic heterocycles. The van der Waals surface area contributed by atoms with Crippen molar-refractivity contribution >= 4 is 38.9 Å². The summed E-state index contributed by atoms with van der Waals surface area (Å²) in [7, 11) is -4.26. The fourth-order valence-corrected chi connectivity index (χ4v) is 6.16. The zero-order valence-electron chi connectivity index (χ0n) is 24.3. The first-order valence-corrected chi connectivity index (χ1v) is 15.8. The number of fused-ring (bicyclic) bond motifs is 1. The molecule has 1 fully saturated rings. The lowest BCUT2D eigenvalue weighted by Crippen LogP contribution is -2.42. The molecular formula is C32H30FN7O4S. The first-order chi connectivity index (χ1) is 21.6. The van der Waals surface area contributed by atoms with Gasteiger partial charge in [-0.15, -0.1) is 0 Å². The predicted octanol–water partition coefficient (Wildman–Crippen LogP) is 4.52.